The van der Waals surface area contributed by atoms with Crippen molar-refractivity contribution in [1.82, 2.24) is 15.1 Å². The summed E-state index contributed by atoms with van der Waals surface area (Å²) in [6.07, 6.45) is 1.48. The van der Waals surface area contributed by atoms with Gasteiger partial charge in [0.15, 0.2) is 0 Å². The molecule has 0 fully saturated rings. The van der Waals surface area contributed by atoms with Gasteiger partial charge in [-0.15, -0.1) is 0 Å². The predicted octanol–water partition coefficient (Wildman–Crippen LogP) is 2.06. The van der Waals surface area contributed by atoms with Crippen LogP contribution in [0.5, 0.6) is 0 Å². The number of hydrogen-bond donors (Lipinski definition) is 2. The lowest BCUT2D eigenvalue weighted by atomic mass is 10.0. The molecule has 1 heterocycles. The highest BCUT2D eigenvalue weighted by Gasteiger charge is 2.13. The maximum absolute atomic E-state index is 12.0. The van der Waals surface area contributed by atoms with Crippen molar-refractivity contribution in [3.63, 3.8) is 0 Å². The van der Waals surface area contributed by atoms with Crippen LogP contribution in [0.3, 0.4) is 0 Å². The summed E-state index contributed by atoms with van der Waals surface area (Å²) < 4.78 is 1.48. The Morgan fingerprint density at radius 2 is 2.00 bits per heavy atom. The van der Waals surface area contributed by atoms with Gasteiger partial charge in [0.1, 0.15) is 11.4 Å². The molecule has 0 saturated carbocycles. The summed E-state index contributed by atoms with van der Waals surface area (Å²) in [4.78, 5) is 12.0. The molecule has 0 aliphatic carbocycles. The van der Waals surface area contributed by atoms with Crippen LogP contribution in [-0.4, -0.2) is 15.7 Å². The minimum absolute atomic E-state index is 0.205. The van der Waals surface area contributed by atoms with E-state index >= 15 is 0 Å². The van der Waals surface area contributed by atoms with E-state index in [1.165, 1.54) is 16.4 Å². The normalized spacial score (nSPS) is 10.8. The molecule has 0 saturated heterocycles. The van der Waals surface area contributed by atoms with Crippen molar-refractivity contribution < 1.29 is 4.79 Å². The molecule has 0 spiro atoms. The van der Waals surface area contributed by atoms with E-state index in [1.54, 1.807) is 7.05 Å². The third-order valence-corrected chi connectivity index (χ3v) is 3.33. The largest absolute Gasteiger partial charge is 0.383 e. The van der Waals surface area contributed by atoms with E-state index in [0.717, 1.165) is 5.56 Å². The summed E-state index contributed by atoms with van der Waals surface area (Å²) in [7, 11) is 1.71. The Balaban J connectivity index is 1.98. The number of aromatic nitrogens is 2. The number of rotatable bonds is 4. The Bertz CT molecular complexity index is 599. The Hall–Kier alpha value is -2.30. The molecule has 0 unspecified atom stereocenters. The molecule has 106 valence electrons. The van der Waals surface area contributed by atoms with E-state index in [1.807, 2.05) is 12.1 Å². The number of benzene rings is 1. The summed E-state index contributed by atoms with van der Waals surface area (Å²) >= 11 is 0. The number of amides is 1. The van der Waals surface area contributed by atoms with E-state index in [9.17, 15) is 4.79 Å². The van der Waals surface area contributed by atoms with Gasteiger partial charge in [-0.05, 0) is 17.0 Å². The number of nitrogens with one attached hydrogen (secondary N) is 1. The van der Waals surface area contributed by atoms with Gasteiger partial charge in [0.2, 0.25) is 0 Å². The van der Waals surface area contributed by atoms with Crippen LogP contribution in [0.15, 0.2) is 30.5 Å². The Labute approximate surface area is 118 Å². The molecule has 0 aliphatic rings. The molecule has 0 radical (unpaired) electrons. The zero-order valence-corrected chi connectivity index (χ0v) is 12.1. The third kappa shape index (κ3) is 2.99. The van der Waals surface area contributed by atoms with E-state index in [2.05, 4.69) is 36.4 Å². The first-order chi connectivity index (χ1) is 9.49. The van der Waals surface area contributed by atoms with Crippen LogP contribution in [0, 0.1) is 0 Å². The Morgan fingerprint density at radius 3 is 2.50 bits per heavy atom. The quantitative estimate of drug-likeness (QED) is 0.894. The molecular weight excluding hydrogens is 252 g/mol. The lowest BCUT2D eigenvalue weighted by Gasteiger charge is -2.08. The van der Waals surface area contributed by atoms with Crippen molar-refractivity contribution >= 4 is 11.7 Å². The topological polar surface area (TPSA) is 72.9 Å². The van der Waals surface area contributed by atoms with E-state index < -0.39 is 0 Å². The SMILES string of the molecule is CC(C)c1ccc(CNC(=O)c2cnn(C)c2N)cc1. The Kier molecular flexibility index (Phi) is 4.08. The molecule has 0 aliphatic heterocycles. The van der Waals surface area contributed by atoms with Crippen LogP contribution >= 0.6 is 0 Å². The van der Waals surface area contributed by atoms with Crippen LogP contribution in [0.2, 0.25) is 0 Å². The average Bonchev–Trinajstić information content (AvgIpc) is 2.77. The maximum atomic E-state index is 12.0. The number of nitrogen functional groups attached to an aromatic ring is 1. The second kappa shape index (κ2) is 5.77. The summed E-state index contributed by atoms with van der Waals surface area (Å²) in [6.45, 7) is 4.79. The van der Waals surface area contributed by atoms with E-state index in [0.29, 0.717) is 23.8 Å². The third-order valence-electron chi connectivity index (χ3n) is 3.33. The van der Waals surface area contributed by atoms with Gasteiger partial charge >= 0.3 is 0 Å². The monoisotopic (exact) mass is 272 g/mol. The molecule has 5 nitrogen and oxygen atoms in total. The van der Waals surface area contributed by atoms with Crippen LogP contribution in [0.25, 0.3) is 0 Å². The number of anilines is 1. The second-order valence-corrected chi connectivity index (χ2v) is 5.15. The molecule has 0 bridgehead atoms. The minimum Gasteiger partial charge on any atom is -0.383 e. The van der Waals surface area contributed by atoms with E-state index in [-0.39, 0.29) is 5.91 Å². The molecule has 1 amide bonds. The number of carbonyl (C=O) groups excluding carboxylic acids is 1. The number of nitrogens with zero attached hydrogens (tertiary/aromatic N) is 2. The molecule has 20 heavy (non-hydrogen) atoms. The predicted molar refractivity (Wildman–Crippen MR) is 79.3 cm³/mol. The first-order valence-corrected chi connectivity index (χ1v) is 6.63. The zero-order chi connectivity index (χ0) is 14.7. The molecule has 3 N–H and O–H groups in total. The molecule has 1 aromatic heterocycles. The first kappa shape index (κ1) is 14.1. The molecular formula is C15H20N4O. The minimum atomic E-state index is -0.205. The van der Waals surface area contributed by atoms with Gasteiger partial charge in [-0.1, -0.05) is 38.1 Å². The van der Waals surface area contributed by atoms with Crippen LogP contribution in [0.1, 0.15) is 41.3 Å². The van der Waals surface area contributed by atoms with Crippen molar-refractivity contribution in [2.24, 2.45) is 7.05 Å². The van der Waals surface area contributed by atoms with Crippen LogP contribution < -0.4 is 11.1 Å². The second-order valence-electron chi connectivity index (χ2n) is 5.15. The highest BCUT2D eigenvalue weighted by Crippen LogP contribution is 2.15. The van der Waals surface area contributed by atoms with Crippen molar-refractivity contribution in [2.45, 2.75) is 26.3 Å². The van der Waals surface area contributed by atoms with Crippen molar-refractivity contribution in [3.05, 3.63) is 47.2 Å². The standard InChI is InChI=1S/C15H20N4O/c1-10(2)12-6-4-11(5-7-12)8-17-15(20)13-9-18-19(3)14(13)16/h4-7,9-10H,8,16H2,1-3H3,(H,17,20). The summed E-state index contributed by atoms with van der Waals surface area (Å²) in [6, 6.07) is 8.24. The fourth-order valence-corrected chi connectivity index (χ4v) is 1.92. The number of nitrogens with two attached hydrogens (primary N) is 1. The maximum Gasteiger partial charge on any atom is 0.256 e. The van der Waals surface area contributed by atoms with Gasteiger partial charge < -0.3 is 11.1 Å². The highest BCUT2D eigenvalue weighted by atomic mass is 16.1. The Morgan fingerprint density at radius 1 is 1.35 bits per heavy atom. The molecule has 2 aromatic rings. The van der Waals surface area contributed by atoms with Crippen molar-refractivity contribution in [3.8, 4) is 0 Å². The fourth-order valence-electron chi connectivity index (χ4n) is 1.92. The van der Waals surface area contributed by atoms with Gasteiger partial charge in [-0.3, -0.25) is 9.48 Å². The lowest BCUT2D eigenvalue weighted by molar-refractivity contribution is 0.0952. The number of carbonyl (C=O) groups is 1. The van der Waals surface area contributed by atoms with Crippen molar-refractivity contribution in [2.75, 3.05) is 5.73 Å². The van der Waals surface area contributed by atoms with Gasteiger partial charge in [-0.25, -0.2) is 0 Å². The highest BCUT2D eigenvalue weighted by molar-refractivity contribution is 5.98. The first-order valence-electron chi connectivity index (χ1n) is 6.63. The van der Waals surface area contributed by atoms with Gasteiger partial charge in [0, 0.05) is 13.6 Å². The summed E-state index contributed by atoms with van der Waals surface area (Å²) in [5.74, 6) is 0.676. The number of aryl methyl sites for hydroxylation is 1. The number of hydrogen-bond acceptors (Lipinski definition) is 3. The van der Waals surface area contributed by atoms with Crippen molar-refractivity contribution in [1.29, 1.82) is 0 Å². The lowest BCUT2D eigenvalue weighted by Crippen LogP contribution is -2.23. The van der Waals surface area contributed by atoms with Gasteiger partial charge in [-0.2, -0.15) is 5.10 Å². The zero-order valence-electron chi connectivity index (χ0n) is 12.1. The smallest absolute Gasteiger partial charge is 0.256 e. The van der Waals surface area contributed by atoms with Crippen LogP contribution in [-0.2, 0) is 13.6 Å². The van der Waals surface area contributed by atoms with Gasteiger partial charge in [0.05, 0.1) is 6.20 Å². The van der Waals surface area contributed by atoms with Gasteiger partial charge in [0.25, 0.3) is 5.91 Å². The molecule has 0 atom stereocenters. The van der Waals surface area contributed by atoms with Crippen LogP contribution in [0.4, 0.5) is 5.82 Å². The van der Waals surface area contributed by atoms with E-state index in [4.69, 9.17) is 5.73 Å². The molecule has 1 aromatic carbocycles. The summed E-state index contributed by atoms with van der Waals surface area (Å²) in [5, 5.41) is 6.80. The summed E-state index contributed by atoms with van der Waals surface area (Å²) in [5.41, 5.74) is 8.52. The molecule has 2 rings (SSSR count). The average molecular weight is 272 g/mol. The fraction of sp³-hybridized carbons (Fsp3) is 0.333. The molecule has 5 heteroatoms.